The first-order chi connectivity index (χ1) is 8.13. The fraction of sp³-hybridized carbons (Fsp3) is 0.385. The molecule has 0 saturated carbocycles. The van der Waals surface area contributed by atoms with Crippen molar-refractivity contribution in [3.8, 4) is 0 Å². The summed E-state index contributed by atoms with van der Waals surface area (Å²) >= 11 is 1.53. The van der Waals surface area contributed by atoms with E-state index in [0.29, 0.717) is 0 Å². The molecule has 0 radical (unpaired) electrons. The Labute approximate surface area is 107 Å². The largest absolute Gasteiger partial charge is 0.272 e. The Hall–Kier alpha value is -1.29. The Morgan fingerprint density at radius 1 is 1.41 bits per heavy atom. The van der Waals surface area contributed by atoms with Crippen LogP contribution in [0.3, 0.4) is 0 Å². The predicted octanol–water partition coefficient (Wildman–Crippen LogP) is 3.07. The fourth-order valence-corrected chi connectivity index (χ4v) is 1.96. The van der Waals surface area contributed by atoms with Gasteiger partial charge in [-0.2, -0.15) is 5.10 Å². The molecule has 0 saturated heterocycles. The first kappa shape index (κ1) is 13.8. The van der Waals surface area contributed by atoms with Gasteiger partial charge in [-0.05, 0) is 32.4 Å². The van der Waals surface area contributed by atoms with Gasteiger partial charge in [0.15, 0.2) is 0 Å². The van der Waals surface area contributed by atoms with Gasteiger partial charge in [0.1, 0.15) is 0 Å². The highest BCUT2D eigenvalue weighted by Crippen LogP contribution is 2.22. The van der Waals surface area contributed by atoms with Crippen molar-refractivity contribution < 1.29 is 4.79 Å². The van der Waals surface area contributed by atoms with E-state index in [4.69, 9.17) is 0 Å². The van der Waals surface area contributed by atoms with Crippen molar-refractivity contribution in [1.29, 1.82) is 0 Å². The molecule has 0 heterocycles. The number of hydrazone groups is 1. The van der Waals surface area contributed by atoms with Gasteiger partial charge in [-0.25, -0.2) is 5.43 Å². The van der Waals surface area contributed by atoms with Crippen molar-refractivity contribution in [2.24, 2.45) is 5.10 Å². The molecule has 0 fully saturated rings. The SMILES string of the molecule is CC/C(C)=N/NC(=O)C(C)Sc1ccccc1. The molecule has 1 atom stereocenters. The number of carbonyl (C=O) groups is 1. The van der Waals surface area contributed by atoms with Gasteiger partial charge in [0.25, 0.3) is 5.91 Å². The molecule has 0 spiro atoms. The van der Waals surface area contributed by atoms with E-state index >= 15 is 0 Å². The second-order valence-electron chi connectivity index (χ2n) is 3.75. The average molecular weight is 250 g/mol. The van der Waals surface area contributed by atoms with Gasteiger partial charge in [-0.1, -0.05) is 25.1 Å². The Balaban J connectivity index is 2.48. The second-order valence-corrected chi connectivity index (χ2v) is 5.16. The summed E-state index contributed by atoms with van der Waals surface area (Å²) in [6.07, 6.45) is 0.848. The van der Waals surface area contributed by atoms with Crippen LogP contribution in [0.15, 0.2) is 40.3 Å². The highest BCUT2D eigenvalue weighted by molar-refractivity contribution is 8.00. The summed E-state index contributed by atoms with van der Waals surface area (Å²) in [6.45, 7) is 5.78. The van der Waals surface area contributed by atoms with Crippen LogP contribution in [-0.2, 0) is 4.79 Å². The van der Waals surface area contributed by atoms with E-state index in [1.165, 1.54) is 11.8 Å². The number of nitrogens with one attached hydrogen (secondary N) is 1. The third kappa shape index (κ3) is 5.04. The highest BCUT2D eigenvalue weighted by atomic mass is 32.2. The Morgan fingerprint density at radius 3 is 2.65 bits per heavy atom. The van der Waals surface area contributed by atoms with Crippen LogP contribution in [0.25, 0.3) is 0 Å². The Morgan fingerprint density at radius 2 is 2.06 bits per heavy atom. The van der Waals surface area contributed by atoms with Crippen LogP contribution in [0.1, 0.15) is 27.2 Å². The molecule has 1 rings (SSSR count). The number of hydrogen-bond donors (Lipinski definition) is 1. The number of nitrogens with zero attached hydrogens (tertiary/aromatic N) is 1. The predicted molar refractivity (Wildman–Crippen MR) is 73.3 cm³/mol. The molecule has 1 aromatic carbocycles. The van der Waals surface area contributed by atoms with Crippen LogP contribution in [0.4, 0.5) is 0 Å². The summed E-state index contributed by atoms with van der Waals surface area (Å²) in [4.78, 5) is 12.8. The summed E-state index contributed by atoms with van der Waals surface area (Å²) in [5, 5.41) is 3.86. The Bertz CT molecular complexity index is 390. The quantitative estimate of drug-likeness (QED) is 0.496. The van der Waals surface area contributed by atoms with Gasteiger partial charge in [0, 0.05) is 10.6 Å². The third-order valence-corrected chi connectivity index (χ3v) is 3.41. The molecule has 1 amide bonds. The molecule has 1 N–H and O–H groups in total. The molecule has 0 aliphatic carbocycles. The Kier molecular flexibility index (Phi) is 5.77. The minimum Gasteiger partial charge on any atom is -0.272 e. The molecule has 3 nitrogen and oxygen atoms in total. The summed E-state index contributed by atoms with van der Waals surface area (Å²) < 4.78 is 0. The van der Waals surface area contributed by atoms with Crippen LogP contribution >= 0.6 is 11.8 Å². The maximum Gasteiger partial charge on any atom is 0.253 e. The molecule has 17 heavy (non-hydrogen) atoms. The van der Waals surface area contributed by atoms with Crippen LogP contribution in [0.5, 0.6) is 0 Å². The highest BCUT2D eigenvalue weighted by Gasteiger charge is 2.13. The average Bonchev–Trinajstić information content (AvgIpc) is 2.36. The van der Waals surface area contributed by atoms with Gasteiger partial charge in [0.2, 0.25) is 0 Å². The van der Waals surface area contributed by atoms with Crippen molar-refractivity contribution in [3.63, 3.8) is 0 Å². The molecule has 0 bridgehead atoms. The zero-order valence-corrected chi connectivity index (χ0v) is 11.3. The van der Waals surface area contributed by atoms with E-state index in [-0.39, 0.29) is 11.2 Å². The molecule has 0 aliphatic rings. The minimum absolute atomic E-state index is 0.0633. The summed E-state index contributed by atoms with van der Waals surface area (Å²) in [6, 6.07) is 9.88. The summed E-state index contributed by atoms with van der Waals surface area (Å²) in [5.41, 5.74) is 3.51. The van der Waals surface area contributed by atoms with Crippen LogP contribution < -0.4 is 5.43 Å². The van der Waals surface area contributed by atoms with E-state index in [1.54, 1.807) is 0 Å². The zero-order chi connectivity index (χ0) is 12.7. The number of hydrogen-bond acceptors (Lipinski definition) is 3. The maximum absolute atomic E-state index is 11.7. The number of carbonyl (C=O) groups excluding carboxylic acids is 1. The normalized spacial score (nSPS) is 13.2. The van der Waals surface area contributed by atoms with Crippen molar-refractivity contribution in [3.05, 3.63) is 30.3 Å². The number of amides is 1. The first-order valence-electron chi connectivity index (χ1n) is 5.68. The van der Waals surface area contributed by atoms with E-state index < -0.39 is 0 Å². The molecule has 1 aromatic rings. The van der Waals surface area contributed by atoms with Gasteiger partial charge >= 0.3 is 0 Å². The number of thioether (sulfide) groups is 1. The second kappa shape index (κ2) is 7.12. The fourth-order valence-electron chi connectivity index (χ4n) is 1.08. The van der Waals surface area contributed by atoms with E-state index in [2.05, 4.69) is 10.5 Å². The molecule has 1 unspecified atom stereocenters. The lowest BCUT2D eigenvalue weighted by atomic mass is 10.3. The molecule has 0 aliphatic heterocycles. The molecular weight excluding hydrogens is 232 g/mol. The summed E-state index contributed by atoms with van der Waals surface area (Å²) in [5.74, 6) is -0.0633. The van der Waals surface area contributed by atoms with Crippen molar-refractivity contribution in [2.45, 2.75) is 37.3 Å². The lowest BCUT2D eigenvalue weighted by molar-refractivity contribution is -0.120. The molecule has 0 aromatic heterocycles. The van der Waals surface area contributed by atoms with Gasteiger partial charge in [-0.15, -0.1) is 11.8 Å². The van der Waals surface area contributed by atoms with Gasteiger partial charge < -0.3 is 0 Å². The molecule has 92 valence electrons. The topological polar surface area (TPSA) is 41.5 Å². The number of benzene rings is 1. The lowest BCUT2D eigenvalue weighted by Gasteiger charge is -2.09. The molecule has 4 heteroatoms. The van der Waals surface area contributed by atoms with Gasteiger partial charge in [-0.3, -0.25) is 4.79 Å². The number of rotatable bonds is 5. The van der Waals surface area contributed by atoms with E-state index in [1.807, 2.05) is 51.1 Å². The maximum atomic E-state index is 11.7. The first-order valence-corrected chi connectivity index (χ1v) is 6.56. The van der Waals surface area contributed by atoms with Crippen LogP contribution in [0.2, 0.25) is 0 Å². The third-order valence-electron chi connectivity index (χ3n) is 2.29. The monoisotopic (exact) mass is 250 g/mol. The molecular formula is C13H18N2OS. The van der Waals surface area contributed by atoms with Crippen molar-refractivity contribution >= 4 is 23.4 Å². The van der Waals surface area contributed by atoms with Crippen molar-refractivity contribution in [2.75, 3.05) is 0 Å². The van der Waals surface area contributed by atoms with E-state index in [9.17, 15) is 4.79 Å². The zero-order valence-electron chi connectivity index (χ0n) is 10.4. The smallest absolute Gasteiger partial charge is 0.253 e. The standard InChI is InChI=1S/C13H18N2OS/c1-4-10(2)14-15-13(16)11(3)17-12-8-6-5-7-9-12/h5-9,11H,4H2,1-3H3,(H,15,16)/b14-10+. The minimum atomic E-state index is -0.147. The van der Waals surface area contributed by atoms with Crippen molar-refractivity contribution in [1.82, 2.24) is 5.43 Å². The lowest BCUT2D eigenvalue weighted by Crippen LogP contribution is -2.27. The van der Waals surface area contributed by atoms with Crippen LogP contribution in [0, 0.1) is 0 Å². The van der Waals surface area contributed by atoms with Gasteiger partial charge in [0.05, 0.1) is 5.25 Å². The summed E-state index contributed by atoms with van der Waals surface area (Å²) in [7, 11) is 0. The van der Waals surface area contributed by atoms with Crippen LogP contribution in [-0.4, -0.2) is 16.9 Å². The van der Waals surface area contributed by atoms with E-state index in [0.717, 1.165) is 17.0 Å².